The number of rotatable bonds is 3. The minimum absolute atomic E-state index is 0.0797. The van der Waals surface area contributed by atoms with Crippen LogP contribution in [0.2, 0.25) is 0 Å². The molecule has 0 unspecified atom stereocenters. The molecule has 0 atom stereocenters. The third kappa shape index (κ3) is 5.46. The molecule has 0 radical (unpaired) electrons. The lowest BCUT2D eigenvalue weighted by Crippen LogP contribution is -2.18. The Balaban J connectivity index is 3.30. The standard InChI is InChI=1S/C17H25NO4S/c1-8-21-16(20)22-14-11(2)9-12(17(3,4)5)10-13(14)23-15(19)18(6)7/h9-10H,8H2,1-7H3. The van der Waals surface area contributed by atoms with E-state index in [0.29, 0.717) is 10.6 Å². The smallest absolute Gasteiger partial charge is 0.434 e. The van der Waals surface area contributed by atoms with Crippen molar-refractivity contribution >= 4 is 23.2 Å². The van der Waals surface area contributed by atoms with Gasteiger partial charge in [-0.2, -0.15) is 0 Å². The summed E-state index contributed by atoms with van der Waals surface area (Å²) in [6, 6.07) is 3.87. The van der Waals surface area contributed by atoms with E-state index in [1.165, 1.54) is 4.90 Å². The number of carbonyl (C=O) groups is 2. The van der Waals surface area contributed by atoms with Crippen molar-refractivity contribution < 1.29 is 19.1 Å². The van der Waals surface area contributed by atoms with Crippen LogP contribution in [-0.2, 0) is 10.2 Å². The van der Waals surface area contributed by atoms with Gasteiger partial charge in [0.1, 0.15) is 0 Å². The van der Waals surface area contributed by atoms with E-state index >= 15 is 0 Å². The topological polar surface area (TPSA) is 55.8 Å². The van der Waals surface area contributed by atoms with Gasteiger partial charge in [-0.25, -0.2) is 4.79 Å². The van der Waals surface area contributed by atoms with Crippen LogP contribution in [0, 0.1) is 6.92 Å². The zero-order valence-electron chi connectivity index (χ0n) is 14.9. The summed E-state index contributed by atoms with van der Waals surface area (Å²) in [5.41, 5.74) is 1.78. The van der Waals surface area contributed by atoms with Gasteiger partial charge in [0.15, 0.2) is 5.75 Å². The summed E-state index contributed by atoms with van der Waals surface area (Å²) in [7, 11) is 3.36. The maximum atomic E-state index is 12.1. The molecule has 6 heteroatoms. The van der Waals surface area contributed by atoms with Crippen LogP contribution in [0.15, 0.2) is 17.0 Å². The maximum Gasteiger partial charge on any atom is 0.513 e. The highest BCUT2D eigenvalue weighted by molar-refractivity contribution is 8.13. The molecule has 0 bridgehead atoms. The summed E-state index contributed by atoms with van der Waals surface area (Å²) in [4.78, 5) is 25.8. The molecule has 0 spiro atoms. The number of aryl methyl sites for hydroxylation is 1. The largest absolute Gasteiger partial charge is 0.513 e. The molecule has 0 N–H and O–H groups in total. The average Bonchev–Trinajstić information content (AvgIpc) is 2.41. The lowest BCUT2D eigenvalue weighted by atomic mass is 9.86. The zero-order chi connectivity index (χ0) is 17.8. The molecule has 0 fully saturated rings. The number of hydrogen-bond acceptors (Lipinski definition) is 5. The molecule has 0 aromatic heterocycles. The van der Waals surface area contributed by atoms with Gasteiger partial charge >= 0.3 is 6.16 Å². The van der Waals surface area contributed by atoms with Gasteiger partial charge in [-0.15, -0.1) is 0 Å². The fourth-order valence-electron chi connectivity index (χ4n) is 1.80. The Morgan fingerprint density at radius 3 is 2.30 bits per heavy atom. The number of ether oxygens (including phenoxy) is 2. The lowest BCUT2D eigenvalue weighted by molar-refractivity contribution is 0.103. The van der Waals surface area contributed by atoms with Crippen molar-refractivity contribution in [3.05, 3.63) is 23.3 Å². The van der Waals surface area contributed by atoms with E-state index in [1.807, 2.05) is 19.1 Å². The summed E-state index contributed by atoms with van der Waals surface area (Å²) in [5, 5.41) is -0.135. The Hall–Kier alpha value is -1.69. The van der Waals surface area contributed by atoms with Crippen LogP contribution in [0.3, 0.4) is 0 Å². The summed E-state index contributed by atoms with van der Waals surface area (Å²) in [6.45, 7) is 10.1. The monoisotopic (exact) mass is 339 g/mol. The third-order valence-corrected chi connectivity index (χ3v) is 4.18. The molecule has 0 saturated carbocycles. The Kier molecular flexibility index (Phi) is 6.50. The van der Waals surface area contributed by atoms with Gasteiger partial charge in [-0.1, -0.05) is 26.8 Å². The molecule has 0 aliphatic heterocycles. The van der Waals surface area contributed by atoms with E-state index in [-0.39, 0.29) is 17.3 Å². The first-order valence-corrected chi connectivity index (χ1v) is 8.26. The number of nitrogens with zero attached hydrogens (tertiary/aromatic N) is 1. The van der Waals surface area contributed by atoms with Crippen molar-refractivity contribution in [3.63, 3.8) is 0 Å². The second kappa shape index (κ2) is 7.73. The van der Waals surface area contributed by atoms with E-state index in [2.05, 4.69) is 20.8 Å². The summed E-state index contributed by atoms with van der Waals surface area (Å²) < 4.78 is 10.2. The van der Waals surface area contributed by atoms with Crippen molar-refractivity contribution in [1.29, 1.82) is 0 Å². The predicted molar refractivity (Wildman–Crippen MR) is 92.5 cm³/mol. The number of benzene rings is 1. The second-order valence-corrected chi connectivity index (χ2v) is 7.41. The van der Waals surface area contributed by atoms with Crippen LogP contribution in [0.1, 0.15) is 38.8 Å². The van der Waals surface area contributed by atoms with E-state index in [1.54, 1.807) is 21.0 Å². The van der Waals surface area contributed by atoms with Gasteiger partial charge in [0.2, 0.25) is 0 Å². The van der Waals surface area contributed by atoms with Crippen molar-refractivity contribution in [2.24, 2.45) is 0 Å². The molecule has 1 aromatic carbocycles. The van der Waals surface area contributed by atoms with E-state index < -0.39 is 6.16 Å². The third-order valence-electron chi connectivity index (χ3n) is 3.12. The van der Waals surface area contributed by atoms with E-state index in [9.17, 15) is 9.59 Å². The normalized spacial score (nSPS) is 11.1. The van der Waals surface area contributed by atoms with Crippen LogP contribution in [-0.4, -0.2) is 37.0 Å². The van der Waals surface area contributed by atoms with Crippen LogP contribution < -0.4 is 4.74 Å². The Bertz CT molecular complexity index is 591. The molecular formula is C17H25NO4S. The summed E-state index contributed by atoms with van der Waals surface area (Å²) >= 11 is 1.04. The summed E-state index contributed by atoms with van der Waals surface area (Å²) in [6.07, 6.45) is -0.765. The fourth-order valence-corrected chi connectivity index (χ4v) is 2.65. The second-order valence-electron chi connectivity index (χ2n) is 6.42. The zero-order valence-corrected chi connectivity index (χ0v) is 15.7. The molecule has 0 aliphatic rings. The molecule has 0 aliphatic carbocycles. The molecule has 1 aromatic rings. The fraction of sp³-hybridized carbons (Fsp3) is 0.529. The minimum Gasteiger partial charge on any atom is -0.434 e. The molecule has 0 saturated heterocycles. The quantitative estimate of drug-likeness (QED) is 0.457. The first kappa shape index (κ1) is 19.4. The first-order chi connectivity index (χ1) is 10.6. The van der Waals surface area contributed by atoms with Crippen LogP contribution >= 0.6 is 11.8 Å². The van der Waals surface area contributed by atoms with Gasteiger partial charge in [-0.3, -0.25) is 4.79 Å². The molecule has 1 amide bonds. The molecule has 5 nitrogen and oxygen atoms in total. The van der Waals surface area contributed by atoms with Crippen LogP contribution in [0.25, 0.3) is 0 Å². The van der Waals surface area contributed by atoms with Gasteiger partial charge in [0.25, 0.3) is 5.24 Å². The van der Waals surface area contributed by atoms with Crippen molar-refractivity contribution in [3.8, 4) is 5.75 Å². The van der Waals surface area contributed by atoms with Gasteiger partial charge < -0.3 is 14.4 Å². The molecule has 23 heavy (non-hydrogen) atoms. The lowest BCUT2D eigenvalue weighted by Gasteiger charge is -2.22. The summed E-state index contributed by atoms with van der Waals surface area (Å²) in [5.74, 6) is 0.372. The molecule has 1 rings (SSSR count). The molecule has 0 heterocycles. The van der Waals surface area contributed by atoms with Crippen LogP contribution in [0.5, 0.6) is 5.75 Å². The highest BCUT2D eigenvalue weighted by Gasteiger charge is 2.22. The number of amides is 1. The molecule has 128 valence electrons. The van der Waals surface area contributed by atoms with Gasteiger partial charge in [-0.05, 0) is 48.2 Å². The maximum absolute atomic E-state index is 12.1. The Morgan fingerprint density at radius 2 is 1.83 bits per heavy atom. The average molecular weight is 339 g/mol. The molecular weight excluding hydrogens is 314 g/mol. The number of carbonyl (C=O) groups excluding carboxylic acids is 2. The Labute approximate surface area is 142 Å². The highest BCUT2D eigenvalue weighted by atomic mass is 32.2. The highest BCUT2D eigenvalue weighted by Crippen LogP contribution is 2.38. The SMILES string of the molecule is CCOC(=O)Oc1c(C)cc(C(C)(C)C)cc1SC(=O)N(C)C. The van der Waals surface area contributed by atoms with Crippen molar-refractivity contribution in [1.82, 2.24) is 4.90 Å². The van der Waals surface area contributed by atoms with Gasteiger partial charge in [0.05, 0.1) is 11.5 Å². The first-order valence-electron chi connectivity index (χ1n) is 7.45. The minimum atomic E-state index is -0.765. The van der Waals surface area contributed by atoms with Crippen molar-refractivity contribution in [2.75, 3.05) is 20.7 Å². The number of thioether (sulfide) groups is 1. The predicted octanol–water partition coefficient (Wildman–Crippen LogP) is 4.60. The van der Waals surface area contributed by atoms with E-state index in [4.69, 9.17) is 9.47 Å². The number of hydrogen-bond donors (Lipinski definition) is 0. The van der Waals surface area contributed by atoms with Crippen LogP contribution in [0.4, 0.5) is 9.59 Å². The van der Waals surface area contributed by atoms with Crippen molar-refractivity contribution in [2.45, 2.75) is 44.9 Å². The Morgan fingerprint density at radius 1 is 1.22 bits per heavy atom. The van der Waals surface area contributed by atoms with E-state index in [0.717, 1.165) is 22.9 Å². The van der Waals surface area contributed by atoms with Gasteiger partial charge in [0, 0.05) is 14.1 Å².